The van der Waals surface area contributed by atoms with Gasteiger partial charge in [0.15, 0.2) is 12.6 Å². The number of aliphatic hydroxyl groups is 4. The third kappa shape index (κ3) is 7.56. The van der Waals surface area contributed by atoms with Gasteiger partial charge in [-0.3, -0.25) is 4.79 Å². The van der Waals surface area contributed by atoms with E-state index in [0.717, 1.165) is 0 Å². The molecule has 12 heteroatoms. The maximum absolute atomic E-state index is 12.0. The molecule has 7 N–H and O–H groups in total. The first-order valence-corrected chi connectivity index (χ1v) is 12.6. The van der Waals surface area contributed by atoms with Crippen LogP contribution in [0.3, 0.4) is 0 Å². The Morgan fingerprint density at radius 2 is 1.39 bits per heavy atom. The van der Waals surface area contributed by atoms with Gasteiger partial charge in [-0.2, -0.15) is 0 Å². The third-order valence-corrected chi connectivity index (χ3v) is 7.01. The van der Waals surface area contributed by atoms with Gasteiger partial charge in [0, 0.05) is 6.92 Å². The lowest BCUT2D eigenvalue weighted by Crippen LogP contribution is -2.69. The summed E-state index contributed by atoms with van der Waals surface area (Å²) in [4.78, 5) is 12.0. The molecule has 2 fully saturated rings. The lowest BCUT2D eigenvalue weighted by Gasteiger charge is -2.49. The normalized spacial score (nSPS) is 38.1. The van der Waals surface area contributed by atoms with Crippen LogP contribution in [0.5, 0.6) is 0 Å². The van der Waals surface area contributed by atoms with Crippen molar-refractivity contribution >= 4 is 5.91 Å². The fourth-order valence-corrected chi connectivity index (χ4v) is 4.08. The molecule has 2 saturated heterocycles. The van der Waals surface area contributed by atoms with E-state index in [4.69, 9.17) is 29.4 Å². The minimum absolute atomic E-state index is 0.460. The van der Waals surface area contributed by atoms with E-state index < -0.39 is 91.6 Å². The number of hydrogen-bond donors (Lipinski definition) is 6. The lowest BCUT2D eigenvalue weighted by molar-refractivity contribution is -0.344. The fraction of sp³-hybridized carbons (Fsp3) is 0.958. The zero-order valence-electron chi connectivity index (χ0n) is 22.4. The van der Waals surface area contributed by atoms with E-state index in [9.17, 15) is 25.2 Å². The summed E-state index contributed by atoms with van der Waals surface area (Å²) in [5.74, 6) is -0.460. The largest absolute Gasteiger partial charge is 0.394 e. The number of amides is 1. The highest BCUT2D eigenvalue weighted by Crippen LogP contribution is 2.33. The van der Waals surface area contributed by atoms with Crippen molar-refractivity contribution in [2.24, 2.45) is 5.73 Å². The van der Waals surface area contributed by atoms with Crippen molar-refractivity contribution < 1.29 is 48.9 Å². The highest BCUT2D eigenvalue weighted by Gasteiger charge is 2.52. The Morgan fingerprint density at radius 3 is 1.89 bits per heavy atom. The molecule has 12 nitrogen and oxygen atoms in total. The summed E-state index contributed by atoms with van der Waals surface area (Å²) in [5.41, 5.74) is 4.99. The Morgan fingerprint density at radius 1 is 0.889 bits per heavy atom. The van der Waals surface area contributed by atoms with Crippen LogP contribution in [0.15, 0.2) is 0 Å². The predicted molar refractivity (Wildman–Crippen MR) is 129 cm³/mol. The van der Waals surface area contributed by atoms with E-state index in [2.05, 4.69) is 5.32 Å². The quantitative estimate of drug-likeness (QED) is 0.199. The molecule has 2 aliphatic rings. The molecule has 2 aliphatic heterocycles. The van der Waals surface area contributed by atoms with Crippen LogP contribution in [-0.4, -0.2) is 112 Å². The number of hydrogen-bond acceptors (Lipinski definition) is 11. The minimum atomic E-state index is -1.34. The highest BCUT2D eigenvalue weighted by molar-refractivity contribution is 5.73. The molecule has 0 aromatic carbocycles. The van der Waals surface area contributed by atoms with E-state index in [1.165, 1.54) is 6.92 Å². The van der Waals surface area contributed by atoms with Crippen LogP contribution < -0.4 is 11.1 Å². The van der Waals surface area contributed by atoms with Gasteiger partial charge in [0.2, 0.25) is 5.91 Å². The smallest absolute Gasteiger partial charge is 0.217 e. The van der Waals surface area contributed by atoms with E-state index in [1.807, 2.05) is 41.5 Å². The second-order valence-corrected chi connectivity index (χ2v) is 10.8. The number of carbonyl (C=O) groups excluding carboxylic acids is 1. The number of nitrogens with one attached hydrogen (secondary N) is 1. The van der Waals surface area contributed by atoms with Gasteiger partial charge in [-0.1, -0.05) is 13.8 Å². The van der Waals surface area contributed by atoms with Gasteiger partial charge in [-0.05, 0) is 40.5 Å². The molecule has 0 spiro atoms. The van der Waals surface area contributed by atoms with Crippen LogP contribution in [0.1, 0.15) is 61.3 Å². The van der Waals surface area contributed by atoms with Crippen LogP contribution in [0.2, 0.25) is 0 Å². The van der Waals surface area contributed by atoms with Crippen LogP contribution in [0.25, 0.3) is 0 Å². The van der Waals surface area contributed by atoms with Gasteiger partial charge in [-0.15, -0.1) is 0 Å². The van der Waals surface area contributed by atoms with E-state index in [0.29, 0.717) is 12.8 Å². The molecule has 0 aromatic rings. The van der Waals surface area contributed by atoms with Gasteiger partial charge < -0.3 is 55.2 Å². The minimum Gasteiger partial charge on any atom is -0.394 e. The Bertz CT molecular complexity index is 706. The first kappa shape index (κ1) is 31.3. The maximum atomic E-state index is 12.0. The number of nitrogens with two attached hydrogens (primary N) is 1. The van der Waals surface area contributed by atoms with Gasteiger partial charge in [-0.25, -0.2) is 0 Å². The van der Waals surface area contributed by atoms with E-state index in [-0.39, 0.29) is 0 Å². The van der Waals surface area contributed by atoms with Crippen molar-refractivity contribution in [2.75, 3.05) is 13.2 Å². The van der Waals surface area contributed by atoms with Crippen molar-refractivity contribution in [3.05, 3.63) is 0 Å². The zero-order valence-corrected chi connectivity index (χ0v) is 22.4. The summed E-state index contributed by atoms with van der Waals surface area (Å²) in [6, 6.07) is -2.13. The van der Waals surface area contributed by atoms with Gasteiger partial charge in [0.1, 0.15) is 42.7 Å². The Hall–Kier alpha value is -0.930. The van der Waals surface area contributed by atoms with E-state index >= 15 is 0 Å². The number of aliphatic hydroxyl groups excluding tert-OH is 4. The average Bonchev–Trinajstić information content (AvgIpc) is 2.82. The second-order valence-electron chi connectivity index (χ2n) is 10.8. The van der Waals surface area contributed by atoms with Crippen molar-refractivity contribution in [2.45, 2.75) is 134 Å². The summed E-state index contributed by atoms with van der Waals surface area (Å²) in [6.07, 6.45) is -7.90. The summed E-state index contributed by atoms with van der Waals surface area (Å²) < 4.78 is 29.8. The molecule has 1 amide bonds. The second kappa shape index (κ2) is 12.7. The molecular weight excluding hydrogens is 476 g/mol. The van der Waals surface area contributed by atoms with Gasteiger partial charge >= 0.3 is 0 Å². The first-order chi connectivity index (χ1) is 16.7. The van der Waals surface area contributed by atoms with Crippen LogP contribution in [0, 0.1) is 0 Å². The molecule has 10 unspecified atom stereocenters. The molecular formula is C24H46N2O10. The Balaban J connectivity index is 2.29. The molecule has 10 atom stereocenters. The van der Waals surface area contributed by atoms with Crippen molar-refractivity contribution in [1.29, 1.82) is 0 Å². The van der Waals surface area contributed by atoms with Crippen molar-refractivity contribution in [3.63, 3.8) is 0 Å². The van der Waals surface area contributed by atoms with Crippen molar-refractivity contribution in [3.8, 4) is 0 Å². The molecule has 2 rings (SSSR count). The van der Waals surface area contributed by atoms with Crippen LogP contribution in [-0.2, 0) is 28.5 Å². The average molecular weight is 523 g/mol. The summed E-state index contributed by atoms with van der Waals surface area (Å²) >= 11 is 0. The SMILES string of the molecule is CCC(C)(C)OC1OC(CO)C(OC2OC(CO)C(OC(C)(C)CC)C(O)C2NC(C)=O)C(O)C1N. The standard InChI is InChI=1S/C24H46N2O10/c1-8-23(4,5)35-20-14(11-28)33-22(16(18(20)31)26-12(3)29)34-19-13(10-27)32-21(15(25)17(19)30)36-24(6,7)9-2/h13-22,27-28,30-31H,8-11,25H2,1-7H3,(H,26,29). The Kier molecular flexibility index (Phi) is 11.1. The van der Waals surface area contributed by atoms with Crippen LogP contribution >= 0.6 is 0 Å². The first-order valence-electron chi connectivity index (χ1n) is 12.6. The molecule has 0 saturated carbocycles. The summed E-state index contributed by atoms with van der Waals surface area (Å²) in [6.45, 7) is 11.5. The highest BCUT2D eigenvalue weighted by atomic mass is 16.7. The lowest BCUT2D eigenvalue weighted by atomic mass is 9.93. The molecule has 212 valence electrons. The molecule has 0 aromatic heterocycles. The fourth-order valence-electron chi connectivity index (χ4n) is 4.08. The maximum Gasteiger partial charge on any atom is 0.217 e. The zero-order chi connectivity index (χ0) is 27.4. The third-order valence-electron chi connectivity index (χ3n) is 7.01. The van der Waals surface area contributed by atoms with Gasteiger partial charge in [0.25, 0.3) is 0 Å². The Labute approximate surface area is 213 Å². The molecule has 0 aliphatic carbocycles. The number of ether oxygens (including phenoxy) is 5. The van der Waals surface area contributed by atoms with Crippen molar-refractivity contribution in [1.82, 2.24) is 5.32 Å². The molecule has 0 radical (unpaired) electrons. The predicted octanol–water partition coefficient (Wildman–Crippen LogP) is -0.861. The van der Waals surface area contributed by atoms with Crippen LogP contribution in [0.4, 0.5) is 0 Å². The topological polar surface area (TPSA) is 182 Å². The molecule has 0 bridgehead atoms. The van der Waals surface area contributed by atoms with E-state index in [1.54, 1.807) is 0 Å². The summed E-state index contributed by atoms with van der Waals surface area (Å²) in [5, 5.41) is 44.8. The molecule has 2 heterocycles. The summed E-state index contributed by atoms with van der Waals surface area (Å²) in [7, 11) is 0. The number of carbonyl (C=O) groups is 1. The molecule has 36 heavy (non-hydrogen) atoms. The monoisotopic (exact) mass is 522 g/mol. The van der Waals surface area contributed by atoms with Gasteiger partial charge in [0.05, 0.1) is 30.5 Å². The number of rotatable bonds is 11.